The molecule has 1 aromatic carbocycles. The van der Waals surface area contributed by atoms with Gasteiger partial charge in [0.1, 0.15) is 11.5 Å². The number of methoxy groups -OCH3 is 1. The minimum absolute atomic E-state index is 0.0197. The van der Waals surface area contributed by atoms with Crippen molar-refractivity contribution in [3.63, 3.8) is 0 Å². The topological polar surface area (TPSA) is 71.1 Å². The predicted molar refractivity (Wildman–Crippen MR) is 82.2 cm³/mol. The average molecular weight is 332 g/mol. The Kier molecular flexibility index (Phi) is 7.98. The van der Waals surface area contributed by atoms with Crippen LogP contribution in [0, 0.1) is 6.92 Å². The number of rotatable bonds is 10. The summed E-state index contributed by atoms with van der Waals surface area (Å²) in [6.45, 7) is 6.73. The Morgan fingerprint density at radius 1 is 1.09 bits per heavy atom. The maximum atomic E-state index is 12.3. The van der Waals surface area contributed by atoms with Crippen LogP contribution in [0.15, 0.2) is 23.1 Å². The van der Waals surface area contributed by atoms with E-state index in [1.54, 1.807) is 26.2 Å². The zero-order valence-electron chi connectivity index (χ0n) is 13.5. The van der Waals surface area contributed by atoms with Crippen LogP contribution in [-0.2, 0) is 28.8 Å². The molecule has 22 heavy (non-hydrogen) atoms. The van der Waals surface area contributed by atoms with Crippen LogP contribution >= 0.6 is 0 Å². The largest absolute Gasteiger partial charge is 0.382 e. The molecule has 1 aromatic rings. The van der Waals surface area contributed by atoms with E-state index in [1.165, 1.54) is 0 Å². The summed E-state index contributed by atoms with van der Waals surface area (Å²) in [5.41, 5.74) is 1.34. The van der Waals surface area contributed by atoms with Gasteiger partial charge in [-0.3, -0.25) is 0 Å². The van der Waals surface area contributed by atoms with Gasteiger partial charge in [0.05, 0.1) is 19.8 Å². The van der Waals surface area contributed by atoms with Crippen molar-refractivity contribution in [2.75, 3.05) is 33.5 Å². The fraction of sp³-hybridized carbons (Fsp3) is 0.600. The molecule has 0 atom stereocenters. The molecule has 6 nitrogen and oxygen atoms in total. The second-order valence-electron chi connectivity index (χ2n) is 5.10. The second kappa shape index (κ2) is 9.22. The Balaban J connectivity index is 2.64. The van der Waals surface area contributed by atoms with E-state index in [1.807, 2.05) is 19.9 Å². The van der Waals surface area contributed by atoms with Crippen LogP contribution in [0.1, 0.15) is 30.9 Å². The molecule has 126 valence electrons. The maximum absolute atomic E-state index is 12.3. The van der Waals surface area contributed by atoms with Crippen molar-refractivity contribution in [1.29, 1.82) is 0 Å². The third-order valence-corrected chi connectivity index (χ3v) is 4.33. The first-order chi connectivity index (χ1) is 10.4. The highest BCUT2D eigenvalue weighted by molar-refractivity contribution is 7.86. The average Bonchev–Trinajstić information content (AvgIpc) is 2.45. The van der Waals surface area contributed by atoms with Crippen LogP contribution in [-0.4, -0.2) is 42.0 Å². The number of aryl methyl sites for hydroxylation is 1. The van der Waals surface area contributed by atoms with Crippen molar-refractivity contribution in [2.24, 2.45) is 0 Å². The maximum Gasteiger partial charge on any atom is 0.323 e. The van der Waals surface area contributed by atoms with Crippen molar-refractivity contribution in [2.45, 2.75) is 31.6 Å². The Morgan fingerprint density at radius 2 is 1.77 bits per heavy atom. The minimum Gasteiger partial charge on any atom is -0.382 e. The molecule has 0 heterocycles. The fourth-order valence-electron chi connectivity index (χ4n) is 1.94. The summed E-state index contributed by atoms with van der Waals surface area (Å²) < 4.78 is 39.2. The summed E-state index contributed by atoms with van der Waals surface area (Å²) in [5, 5.41) is 0. The molecule has 7 heteroatoms. The molecular formula is C15H24O6S. The van der Waals surface area contributed by atoms with Crippen LogP contribution in [0.3, 0.4) is 0 Å². The molecule has 0 aliphatic carbocycles. The van der Waals surface area contributed by atoms with Gasteiger partial charge in [-0.05, 0) is 24.0 Å². The first kappa shape index (κ1) is 19.1. The van der Waals surface area contributed by atoms with E-state index in [0.717, 1.165) is 0 Å². The normalized spacial score (nSPS) is 12.0. The van der Waals surface area contributed by atoms with E-state index in [9.17, 15) is 8.42 Å². The SMILES string of the molecule is COCCOCCOOS(=O)(=O)c1c(C)cccc1C(C)C. The standard InChI is InChI=1S/C15H24O6S/c1-12(2)14-7-5-6-13(3)15(14)22(16,17)21-20-11-10-19-9-8-18-4/h5-7,12H,8-11H2,1-4H3. The van der Waals surface area contributed by atoms with Gasteiger partial charge in [0, 0.05) is 7.11 Å². The number of hydrogen-bond acceptors (Lipinski definition) is 6. The molecule has 0 aliphatic heterocycles. The molecule has 0 aliphatic rings. The van der Waals surface area contributed by atoms with Gasteiger partial charge >= 0.3 is 10.1 Å². The lowest BCUT2D eigenvalue weighted by molar-refractivity contribution is -0.210. The lowest BCUT2D eigenvalue weighted by Crippen LogP contribution is -2.15. The van der Waals surface area contributed by atoms with Gasteiger partial charge in [-0.2, -0.15) is 8.42 Å². The van der Waals surface area contributed by atoms with Gasteiger partial charge in [0.2, 0.25) is 0 Å². The molecule has 1 rings (SSSR count). The van der Waals surface area contributed by atoms with Gasteiger partial charge in [0.25, 0.3) is 0 Å². The summed E-state index contributed by atoms with van der Waals surface area (Å²) in [6, 6.07) is 5.34. The van der Waals surface area contributed by atoms with Crippen LogP contribution in [0.2, 0.25) is 0 Å². The molecule has 0 radical (unpaired) electrons. The van der Waals surface area contributed by atoms with E-state index in [-0.39, 0.29) is 24.0 Å². The highest BCUT2D eigenvalue weighted by atomic mass is 32.2. The molecule has 0 saturated heterocycles. The van der Waals surface area contributed by atoms with Crippen molar-refractivity contribution in [3.8, 4) is 0 Å². The van der Waals surface area contributed by atoms with E-state index in [2.05, 4.69) is 4.33 Å². The van der Waals surface area contributed by atoms with E-state index in [0.29, 0.717) is 24.3 Å². The van der Waals surface area contributed by atoms with Crippen molar-refractivity contribution in [1.82, 2.24) is 0 Å². The fourth-order valence-corrected chi connectivity index (χ4v) is 3.26. The predicted octanol–water partition coefficient (Wildman–Crippen LogP) is 2.42. The zero-order valence-corrected chi connectivity index (χ0v) is 14.3. The van der Waals surface area contributed by atoms with E-state index in [4.69, 9.17) is 14.4 Å². The Morgan fingerprint density at radius 3 is 2.41 bits per heavy atom. The molecule has 0 saturated carbocycles. The minimum atomic E-state index is -3.97. The van der Waals surface area contributed by atoms with Gasteiger partial charge in [-0.1, -0.05) is 32.0 Å². The van der Waals surface area contributed by atoms with E-state index >= 15 is 0 Å². The lowest BCUT2D eigenvalue weighted by Gasteiger charge is -2.14. The molecule has 0 aromatic heterocycles. The summed E-state index contributed by atoms with van der Waals surface area (Å²) in [6.07, 6.45) is 0. The highest BCUT2D eigenvalue weighted by Gasteiger charge is 2.24. The van der Waals surface area contributed by atoms with Crippen LogP contribution < -0.4 is 0 Å². The second-order valence-corrected chi connectivity index (χ2v) is 6.55. The summed E-state index contributed by atoms with van der Waals surface area (Å²) in [5.74, 6) is 0.0608. The smallest absolute Gasteiger partial charge is 0.323 e. The first-order valence-corrected chi connectivity index (χ1v) is 8.53. The molecule has 0 amide bonds. The quantitative estimate of drug-likeness (QED) is 0.372. The van der Waals surface area contributed by atoms with Gasteiger partial charge in [-0.25, -0.2) is 4.89 Å². The van der Waals surface area contributed by atoms with Gasteiger partial charge in [0.15, 0.2) is 0 Å². The summed E-state index contributed by atoms with van der Waals surface area (Å²) >= 11 is 0. The molecular weight excluding hydrogens is 308 g/mol. The zero-order chi connectivity index (χ0) is 16.6. The molecule has 0 spiro atoms. The monoisotopic (exact) mass is 332 g/mol. The third kappa shape index (κ3) is 5.66. The number of hydrogen-bond donors (Lipinski definition) is 0. The third-order valence-electron chi connectivity index (χ3n) is 2.99. The molecule has 0 unspecified atom stereocenters. The van der Waals surface area contributed by atoms with Crippen LogP contribution in [0.25, 0.3) is 0 Å². The van der Waals surface area contributed by atoms with Gasteiger partial charge in [-0.15, -0.1) is 4.33 Å². The Labute approximate surface area is 132 Å². The Hall–Kier alpha value is -0.990. The van der Waals surface area contributed by atoms with Crippen LogP contribution in [0.4, 0.5) is 0 Å². The first-order valence-electron chi connectivity index (χ1n) is 7.12. The molecule has 0 bridgehead atoms. The highest BCUT2D eigenvalue weighted by Crippen LogP contribution is 2.28. The summed E-state index contributed by atoms with van der Waals surface area (Å²) in [4.78, 5) is 4.94. The van der Waals surface area contributed by atoms with E-state index < -0.39 is 10.1 Å². The van der Waals surface area contributed by atoms with Crippen molar-refractivity contribution < 1.29 is 27.1 Å². The van der Waals surface area contributed by atoms with Crippen molar-refractivity contribution >= 4 is 10.1 Å². The Bertz CT molecular complexity index is 553. The molecule has 0 fully saturated rings. The van der Waals surface area contributed by atoms with Crippen molar-refractivity contribution in [3.05, 3.63) is 29.3 Å². The number of ether oxygens (including phenoxy) is 2. The number of benzene rings is 1. The van der Waals surface area contributed by atoms with Crippen LogP contribution in [0.5, 0.6) is 0 Å². The van der Waals surface area contributed by atoms with Gasteiger partial charge < -0.3 is 9.47 Å². The lowest BCUT2D eigenvalue weighted by atomic mass is 10.0. The molecule has 0 N–H and O–H groups in total. The summed E-state index contributed by atoms with van der Waals surface area (Å²) in [7, 11) is -2.39.